The molecule has 1 atom stereocenters. The van der Waals surface area contributed by atoms with Crippen molar-refractivity contribution < 1.29 is 13.2 Å². The van der Waals surface area contributed by atoms with Gasteiger partial charge in [-0.2, -0.15) is 0 Å². The van der Waals surface area contributed by atoms with Crippen molar-refractivity contribution in [2.45, 2.75) is 12.5 Å². The van der Waals surface area contributed by atoms with Gasteiger partial charge in [0.25, 0.3) is 0 Å². The van der Waals surface area contributed by atoms with Crippen molar-refractivity contribution in [3.63, 3.8) is 0 Å². The van der Waals surface area contributed by atoms with Crippen molar-refractivity contribution in [1.29, 1.82) is 0 Å². The minimum atomic E-state index is -2.97. The average Bonchev–Trinajstić information content (AvgIpc) is 2.67. The second-order valence-corrected chi connectivity index (χ2v) is 6.42. The third-order valence-corrected chi connectivity index (χ3v) is 4.43. The van der Waals surface area contributed by atoms with Crippen LogP contribution in [0.15, 0.2) is 30.3 Å². The Hall–Kier alpha value is -1.76. The van der Waals surface area contributed by atoms with E-state index >= 15 is 0 Å². The molecule has 1 saturated heterocycles. The summed E-state index contributed by atoms with van der Waals surface area (Å²) in [6.07, 6.45) is 0.473. The number of hydrogen-bond donors (Lipinski definition) is 3. The third-order valence-electron chi connectivity index (χ3n) is 2.66. The van der Waals surface area contributed by atoms with Gasteiger partial charge >= 0.3 is 6.03 Å². The Morgan fingerprint density at radius 1 is 1.22 bits per heavy atom. The maximum Gasteiger partial charge on any atom is 0.333 e. The number of amides is 2. The summed E-state index contributed by atoms with van der Waals surface area (Å²) in [5.41, 5.74) is 5.94. The Morgan fingerprint density at radius 3 is 2.56 bits per heavy atom. The number of hydrazine groups is 1. The van der Waals surface area contributed by atoms with Crippen LogP contribution in [0.2, 0.25) is 0 Å². The molecule has 0 bridgehead atoms. The lowest BCUT2D eigenvalue weighted by Gasteiger charge is -2.13. The van der Waals surface area contributed by atoms with Gasteiger partial charge in [-0.1, -0.05) is 18.2 Å². The molecule has 2 rings (SSSR count). The number of anilines is 1. The second-order valence-electron chi connectivity index (χ2n) is 4.19. The number of benzene rings is 1. The predicted octanol–water partition coefficient (Wildman–Crippen LogP) is 0.500. The van der Waals surface area contributed by atoms with E-state index in [4.69, 9.17) is 0 Å². The molecule has 1 unspecified atom stereocenters. The largest absolute Gasteiger partial charge is 0.333 e. The van der Waals surface area contributed by atoms with Gasteiger partial charge in [0.05, 0.1) is 17.2 Å². The first-order chi connectivity index (χ1) is 8.55. The van der Waals surface area contributed by atoms with Crippen LogP contribution in [-0.4, -0.2) is 32.0 Å². The van der Waals surface area contributed by atoms with E-state index in [1.54, 1.807) is 12.1 Å². The molecule has 1 aliphatic rings. The van der Waals surface area contributed by atoms with Crippen LogP contribution in [0.4, 0.5) is 10.5 Å². The SMILES string of the molecule is O=C(NNc1ccccc1)NC1CCS(=O)(=O)C1. The van der Waals surface area contributed by atoms with Gasteiger partial charge in [0.15, 0.2) is 9.84 Å². The van der Waals surface area contributed by atoms with Gasteiger partial charge in [-0.3, -0.25) is 10.9 Å². The molecular formula is C11H15N3O3S. The van der Waals surface area contributed by atoms with E-state index in [-0.39, 0.29) is 17.5 Å². The Balaban J connectivity index is 1.76. The lowest BCUT2D eigenvalue weighted by atomic mass is 10.3. The molecule has 2 amide bonds. The molecule has 0 spiro atoms. The van der Waals surface area contributed by atoms with Gasteiger partial charge in [-0.05, 0) is 18.6 Å². The quantitative estimate of drug-likeness (QED) is 0.697. The van der Waals surface area contributed by atoms with Crippen LogP contribution in [0, 0.1) is 0 Å². The molecule has 7 heteroatoms. The number of rotatable bonds is 3. The van der Waals surface area contributed by atoms with Crippen LogP contribution < -0.4 is 16.2 Å². The van der Waals surface area contributed by atoms with E-state index in [1.165, 1.54) is 0 Å². The van der Waals surface area contributed by atoms with Gasteiger partial charge in [0, 0.05) is 6.04 Å². The summed E-state index contributed by atoms with van der Waals surface area (Å²) >= 11 is 0. The molecule has 1 aliphatic heterocycles. The molecule has 0 saturated carbocycles. The van der Waals surface area contributed by atoms with Crippen LogP contribution >= 0.6 is 0 Å². The normalized spacial score (nSPS) is 21.2. The fourth-order valence-electron chi connectivity index (χ4n) is 1.78. The van der Waals surface area contributed by atoms with Gasteiger partial charge < -0.3 is 5.32 Å². The number of nitrogens with one attached hydrogen (secondary N) is 3. The van der Waals surface area contributed by atoms with Gasteiger partial charge in [-0.15, -0.1) is 0 Å². The first-order valence-corrected chi connectivity index (χ1v) is 7.45. The average molecular weight is 269 g/mol. The Kier molecular flexibility index (Phi) is 3.71. The first kappa shape index (κ1) is 12.7. The van der Waals surface area contributed by atoms with E-state index in [9.17, 15) is 13.2 Å². The van der Waals surface area contributed by atoms with E-state index in [0.29, 0.717) is 6.42 Å². The number of para-hydroxylation sites is 1. The van der Waals surface area contributed by atoms with Crippen LogP contribution in [-0.2, 0) is 9.84 Å². The topological polar surface area (TPSA) is 87.3 Å². The fourth-order valence-corrected chi connectivity index (χ4v) is 3.45. The second kappa shape index (κ2) is 5.26. The number of carbonyl (C=O) groups excluding carboxylic acids is 1. The summed E-state index contributed by atoms with van der Waals surface area (Å²) in [4.78, 5) is 11.5. The van der Waals surface area contributed by atoms with Crippen molar-refractivity contribution >= 4 is 21.6 Å². The molecule has 0 aliphatic carbocycles. The molecule has 1 heterocycles. The van der Waals surface area contributed by atoms with Gasteiger partial charge in [0.2, 0.25) is 0 Å². The van der Waals surface area contributed by atoms with Crippen LogP contribution in [0.25, 0.3) is 0 Å². The monoisotopic (exact) mass is 269 g/mol. The molecule has 0 aromatic heterocycles. The molecule has 1 aromatic rings. The number of urea groups is 1. The van der Waals surface area contributed by atoms with Gasteiger partial charge in [-0.25, -0.2) is 13.2 Å². The summed E-state index contributed by atoms with van der Waals surface area (Å²) in [7, 11) is -2.97. The van der Waals surface area contributed by atoms with Crippen molar-refractivity contribution in [1.82, 2.24) is 10.7 Å². The number of hydrogen-bond acceptors (Lipinski definition) is 4. The van der Waals surface area contributed by atoms with Gasteiger partial charge in [0.1, 0.15) is 0 Å². The zero-order valence-electron chi connectivity index (χ0n) is 9.72. The number of sulfone groups is 1. The van der Waals surface area contributed by atoms with Crippen LogP contribution in [0.3, 0.4) is 0 Å². The fraction of sp³-hybridized carbons (Fsp3) is 0.364. The van der Waals surface area contributed by atoms with Crippen LogP contribution in [0.5, 0.6) is 0 Å². The van der Waals surface area contributed by atoms with Crippen molar-refractivity contribution in [3.8, 4) is 0 Å². The lowest BCUT2D eigenvalue weighted by Crippen LogP contribution is -2.44. The summed E-state index contributed by atoms with van der Waals surface area (Å²) in [6, 6.07) is 8.43. The molecule has 18 heavy (non-hydrogen) atoms. The maximum absolute atomic E-state index is 11.5. The molecule has 98 valence electrons. The number of carbonyl (C=O) groups is 1. The predicted molar refractivity (Wildman–Crippen MR) is 68.8 cm³/mol. The summed E-state index contributed by atoms with van der Waals surface area (Å²) in [5, 5.41) is 2.61. The zero-order chi connectivity index (χ0) is 13.0. The molecule has 1 aromatic carbocycles. The minimum absolute atomic E-state index is 0.0196. The molecule has 3 N–H and O–H groups in total. The highest BCUT2D eigenvalue weighted by molar-refractivity contribution is 7.91. The van der Waals surface area contributed by atoms with E-state index in [2.05, 4.69) is 16.2 Å². The Bertz CT molecular complexity index is 516. The van der Waals surface area contributed by atoms with Crippen molar-refractivity contribution in [2.75, 3.05) is 16.9 Å². The van der Waals surface area contributed by atoms with E-state index < -0.39 is 15.9 Å². The lowest BCUT2D eigenvalue weighted by molar-refractivity contribution is 0.240. The molecular weight excluding hydrogens is 254 g/mol. The molecule has 6 nitrogen and oxygen atoms in total. The maximum atomic E-state index is 11.5. The Morgan fingerprint density at radius 2 is 1.94 bits per heavy atom. The Labute approximate surface area is 106 Å². The highest BCUT2D eigenvalue weighted by atomic mass is 32.2. The third kappa shape index (κ3) is 3.63. The summed E-state index contributed by atoms with van der Waals surface area (Å²) in [5.74, 6) is 0.163. The minimum Gasteiger partial charge on any atom is -0.333 e. The first-order valence-electron chi connectivity index (χ1n) is 5.63. The molecule has 0 radical (unpaired) electrons. The van der Waals surface area contributed by atoms with E-state index in [0.717, 1.165) is 5.69 Å². The zero-order valence-corrected chi connectivity index (χ0v) is 10.5. The van der Waals surface area contributed by atoms with E-state index in [1.807, 2.05) is 18.2 Å². The molecule has 1 fully saturated rings. The summed E-state index contributed by atoms with van der Waals surface area (Å²) < 4.78 is 22.4. The highest BCUT2D eigenvalue weighted by Crippen LogP contribution is 2.10. The van der Waals surface area contributed by atoms with Crippen molar-refractivity contribution in [2.24, 2.45) is 0 Å². The van der Waals surface area contributed by atoms with Crippen molar-refractivity contribution in [3.05, 3.63) is 30.3 Å². The summed E-state index contributed by atoms with van der Waals surface area (Å²) in [6.45, 7) is 0. The standard InChI is InChI=1S/C11H15N3O3S/c15-11(12-10-6-7-18(16,17)8-10)14-13-9-4-2-1-3-5-9/h1-5,10,13H,6-8H2,(H2,12,14,15). The highest BCUT2D eigenvalue weighted by Gasteiger charge is 2.28. The van der Waals surface area contributed by atoms with Crippen LogP contribution in [0.1, 0.15) is 6.42 Å². The smallest absolute Gasteiger partial charge is 0.333 e.